The molecule has 156 valence electrons. The molecule has 0 spiro atoms. The molecule has 0 heterocycles. The van der Waals surface area contributed by atoms with Gasteiger partial charge in [-0.1, -0.05) is 44.2 Å². The summed E-state index contributed by atoms with van der Waals surface area (Å²) in [7, 11) is -3.57. The number of amides is 2. The van der Waals surface area contributed by atoms with Gasteiger partial charge in [0.25, 0.3) is 5.91 Å². The molecular weight excluding hydrogens is 390 g/mol. The van der Waals surface area contributed by atoms with E-state index in [0.29, 0.717) is 13.1 Å². The zero-order valence-electron chi connectivity index (χ0n) is 16.9. The molecule has 0 aromatic heterocycles. The first-order valence-electron chi connectivity index (χ1n) is 9.52. The molecule has 0 radical (unpaired) electrons. The molecule has 2 rings (SSSR count). The number of nitrogens with one attached hydrogen (secondary N) is 2. The monoisotopic (exact) mass is 417 g/mol. The van der Waals surface area contributed by atoms with E-state index < -0.39 is 15.9 Å². The van der Waals surface area contributed by atoms with Crippen LogP contribution in [0.15, 0.2) is 59.5 Å². The van der Waals surface area contributed by atoms with Crippen molar-refractivity contribution in [2.45, 2.75) is 31.7 Å². The largest absolute Gasteiger partial charge is 0.348 e. The van der Waals surface area contributed by atoms with E-state index in [4.69, 9.17) is 0 Å². The van der Waals surface area contributed by atoms with E-state index in [1.54, 1.807) is 13.8 Å². The second-order valence-electron chi connectivity index (χ2n) is 6.50. The summed E-state index contributed by atoms with van der Waals surface area (Å²) in [5, 5.41) is 5.37. The smallest absolute Gasteiger partial charge is 0.251 e. The maximum Gasteiger partial charge on any atom is 0.251 e. The first-order valence-corrected chi connectivity index (χ1v) is 11.0. The highest BCUT2D eigenvalue weighted by Crippen LogP contribution is 2.16. The van der Waals surface area contributed by atoms with Gasteiger partial charge in [-0.2, -0.15) is 4.31 Å². The molecule has 2 aromatic carbocycles. The molecule has 0 bridgehead atoms. The molecule has 1 atom stereocenters. The Labute approximate surface area is 172 Å². The molecule has 2 amide bonds. The number of carbonyl (C=O) groups is 2. The molecule has 0 aliphatic heterocycles. The molecule has 0 aliphatic carbocycles. The highest BCUT2D eigenvalue weighted by Gasteiger charge is 2.21. The van der Waals surface area contributed by atoms with Crippen LogP contribution < -0.4 is 10.6 Å². The van der Waals surface area contributed by atoms with Crippen LogP contribution in [0.1, 0.15) is 42.7 Å². The van der Waals surface area contributed by atoms with E-state index in [1.807, 2.05) is 37.3 Å². The van der Waals surface area contributed by atoms with E-state index in [1.165, 1.54) is 28.6 Å². The average Bonchev–Trinajstić information content (AvgIpc) is 2.73. The predicted molar refractivity (Wildman–Crippen MR) is 112 cm³/mol. The SMILES string of the molecule is CCN(CC)S(=O)(=O)c1ccc(C(=O)NCC(=O)N[C@@H](C)c2ccccc2)cc1. The van der Waals surface area contributed by atoms with E-state index in [0.717, 1.165) is 5.56 Å². The summed E-state index contributed by atoms with van der Waals surface area (Å²) in [6.45, 7) is 5.98. The number of nitrogens with zero attached hydrogens (tertiary/aromatic N) is 1. The molecule has 2 N–H and O–H groups in total. The zero-order chi connectivity index (χ0) is 21.4. The van der Waals surface area contributed by atoms with Crippen LogP contribution in [0.4, 0.5) is 0 Å². The molecule has 0 aliphatic rings. The molecule has 0 saturated heterocycles. The second-order valence-corrected chi connectivity index (χ2v) is 8.43. The Balaban J connectivity index is 1.93. The lowest BCUT2D eigenvalue weighted by atomic mass is 10.1. The fourth-order valence-corrected chi connectivity index (χ4v) is 4.33. The predicted octanol–water partition coefficient (Wildman–Crippen LogP) is 2.32. The molecule has 7 nitrogen and oxygen atoms in total. The van der Waals surface area contributed by atoms with Gasteiger partial charge in [-0.05, 0) is 36.8 Å². The lowest BCUT2D eigenvalue weighted by Crippen LogP contribution is -2.38. The van der Waals surface area contributed by atoms with Gasteiger partial charge in [0.05, 0.1) is 17.5 Å². The maximum atomic E-state index is 12.5. The Morgan fingerprint density at radius 3 is 2.10 bits per heavy atom. The van der Waals surface area contributed by atoms with Crippen molar-refractivity contribution in [3.8, 4) is 0 Å². The molecule has 0 fully saturated rings. The van der Waals surface area contributed by atoms with E-state index in [9.17, 15) is 18.0 Å². The highest BCUT2D eigenvalue weighted by atomic mass is 32.2. The number of sulfonamides is 1. The quantitative estimate of drug-likeness (QED) is 0.655. The minimum Gasteiger partial charge on any atom is -0.348 e. The minimum atomic E-state index is -3.57. The van der Waals surface area contributed by atoms with Crippen molar-refractivity contribution in [1.29, 1.82) is 0 Å². The first-order chi connectivity index (χ1) is 13.8. The van der Waals surface area contributed by atoms with Crippen molar-refractivity contribution in [2.75, 3.05) is 19.6 Å². The van der Waals surface area contributed by atoms with Gasteiger partial charge in [-0.15, -0.1) is 0 Å². The highest BCUT2D eigenvalue weighted by molar-refractivity contribution is 7.89. The summed E-state index contributed by atoms with van der Waals surface area (Å²) in [4.78, 5) is 24.5. The van der Waals surface area contributed by atoms with E-state index in [-0.39, 0.29) is 29.0 Å². The lowest BCUT2D eigenvalue weighted by Gasteiger charge is -2.18. The Hall–Kier alpha value is -2.71. The Morgan fingerprint density at radius 1 is 0.966 bits per heavy atom. The molecule has 8 heteroatoms. The van der Waals surface area contributed by atoms with Crippen LogP contribution in [0.2, 0.25) is 0 Å². The van der Waals surface area contributed by atoms with Crippen LogP contribution in [-0.2, 0) is 14.8 Å². The lowest BCUT2D eigenvalue weighted by molar-refractivity contribution is -0.120. The maximum absolute atomic E-state index is 12.5. The third kappa shape index (κ3) is 5.88. The van der Waals surface area contributed by atoms with E-state index >= 15 is 0 Å². The van der Waals surface area contributed by atoms with Crippen molar-refractivity contribution in [2.24, 2.45) is 0 Å². The number of hydrogen-bond donors (Lipinski definition) is 2. The van der Waals surface area contributed by atoms with Crippen molar-refractivity contribution in [3.05, 3.63) is 65.7 Å². The van der Waals surface area contributed by atoms with Crippen LogP contribution in [0, 0.1) is 0 Å². The van der Waals surface area contributed by atoms with Crippen molar-refractivity contribution < 1.29 is 18.0 Å². The third-order valence-electron chi connectivity index (χ3n) is 4.55. The summed E-state index contributed by atoms with van der Waals surface area (Å²) in [5.74, 6) is -0.755. The van der Waals surface area contributed by atoms with Gasteiger partial charge in [0.2, 0.25) is 15.9 Å². The van der Waals surface area contributed by atoms with Crippen LogP contribution in [0.3, 0.4) is 0 Å². The van der Waals surface area contributed by atoms with Gasteiger partial charge in [-0.25, -0.2) is 8.42 Å². The third-order valence-corrected chi connectivity index (χ3v) is 6.61. The van der Waals surface area contributed by atoms with Gasteiger partial charge < -0.3 is 10.6 Å². The average molecular weight is 418 g/mol. The Kier molecular flexibility index (Phi) is 7.92. The molecule has 0 saturated carbocycles. The van der Waals surface area contributed by atoms with Crippen molar-refractivity contribution in [1.82, 2.24) is 14.9 Å². The summed E-state index contributed by atoms with van der Waals surface area (Å²) < 4.78 is 26.3. The number of rotatable bonds is 9. The Morgan fingerprint density at radius 2 is 1.55 bits per heavy atom. The molecule has 2 aromatic rings. The fraction of sp³-hybridized carbons (Fsp3) is 0.333. The van der Waals surface area contributed by atoms with Crippen LogP contribution in [-0.4, -0.2) is 44.2 Å². The minimum absolute atomic E-state index is 0.132. The summed E-state index contributed by atoms with van der Waals surface area (Å²) in [5.41, 5.74) is 1.25. The summed E-state index contributed by atoms with van der Waals surface area (Å²) in [6, 6.07) is 15.0. The molecule has 0 unspecified atom stereocenters. The zero-order valence-corrected chi connectivity index (χ0v) is 17.7. The van der Waals surface area contributed by atoms with Crippen LogP contribution >= 0.6 is 0 Å². The van der Waals surface area contributed by atoms with Crippen LogP contribution in [0.25, 0.3) is 0 Å². The Bertz CT molecular complexity index is 924. The van der Waals surface area contributed by atoms with Crippen LogP contribution in [0.5, 0.6) is 0 Å². The molecule has 29 heavy (non-hydrogen) atoms. The summed E-state index contributed by atoms with van der Waals surface area (Å²) >= 11 is 0. The van der Waals surface area contributed by atoms with E-state index in [2.05, 4.69) is 10.6 Å². The van der Waals surface area contributed by atoms with Crippen molar-refractivity contribution in [3.63, 3.8) is 0 Å². The number of hydrogen-bond acceptors (Lipinski definition) is 4. The topological polar surface area (TPSA) is 95.6 Å². The normalized spacial score (nSPS) is 12.4. The van der Waals surface area contributed by atoms with Gasteiger partial charge in [-0.3, -0.25) is 9.59 Å². The number of carbonyl (C=O) groups excluding carboxylic acids is 2. The fourth-order valence-electron chi connectivity index (χ4n) is 2.87. The first kappa shape index (κ1) is 22.6. The second kappa shape index (κ2) is 10.2. The summed E-state index contributed by atoms with van der Waals surface area (Å²) in [6.07, 6.45) is 0. The standard InChI is InChI=1S/C21H27N3O4S/c1-4-24(5-2)29(27,28)19-13-11-18(12-14-19)21(26)22-15-20(25)23-16(3)17-9-7-6-8-10-17/h6-14,16H,4-5,15H2,1-3H3,(H,22,26)(H,23,25)/t16-/m0/s1. The van der Waals surface area contributed by atoms with Crippen molar-refractivity contribution >= 4 is 21.8 Å². The van der Waals surface area contributed by atoms with Gasteiger partial charge in [0.15, 0.2) is 0 Å². The number of benzene rings is 2. The molecular formula is C21H27N3O4S. The van der Waals surface area contributed by atoms with Gasteiger partial charge in [0, 0.05) is 18.7 Å². The van der Waals surface area contributed by atoms with Gasteiger partial charge >= 0.3 is 0 Å². The van der Waals surface area contributed by atoms with Gasteiger partial charge in [0.1, 0.15) is 0 Å².